The molecule has 0 aromatic heterocycles. The van der Waals surface area contributed by atoms with Gasteiger partial charge < -0.3 is 26.6 Å². The molecule has 162 valence electrons. The summed E-state index contributed by atoms with van der Waals surface area (Å²) in [6.45, 7) is 0.155. The van der Waals surface area contributed by atoms with Crippen LogP contribution in [0.15, 0.2) is 35.3 Å². The second kappa shape index (κ2) is 10.8. The van der Waals surface area contributed by atoms with E-state index in [1.165, 1.54) is 0 Å². The molecule has 11 nitrogen and oxygen atoms in total. The highest BCUT2D eigenvalue weighted by molar-refractivity contribution is 6.01. The molecule has 1 aromatic carbocycles. The number of imide groups is 1. The summed E-state index contributed by atoms with van der Waals surface area (Å²) in [5.41, 5.74) is 11.1. The highest BCUT2D eigenvalue weighted by Gasteiger charge is 2.42. The van der Waals surface area contributed by atoms with Crippen LogP contribution in [-0.2, 0) is 25.7 Å². The van der Waals surface area contributed by atoms with Gasteiger partial charge in [-0.05, 0) is 24.8 Å². The van der Waals surface area contributed by atoms with E-state index in [4.69, 9.17) is 16.2 Å². The number of nitrogens with two attached hydrogens (primary N) is 2. The number of benzene rings is 1. The monoisotopic (exact) mass is 419 g/mol. The number of carboxylic acid groups (broad SMARTS) is 1. The van der Waals surface area contributed by atoms with Crippen molar-refractivity contribution < 1.29 is 29.0 Å². The van der Waals surface area contributed by atoms with Gasteiger partial charge in [0.15, 0.2) is 5.96 Å². The largest absolute Gasteiger partial charge is 0.480 e. The van der Waals surface area contributed by atoms with E-state index in [0.29, 0.717) is 6.42 Å². The fraction of sp³-hybridized carbons (Fsp3) is 0.421. The van der Waals surface area contributed by atoms with Gasteiger partial charge in [0, 0.05) is 13.0 Å². The zero-order valence-electron chi connectivity index (χ0n) is 16.3. The average Bonchev–Trinajstić information content (AvgIpc) is 3.10. The maximum absolute atomic E-state index is 12.6. The number of amides is 3. The van der Waals surface area contributed by atoms with E-state index in [9.17, 15) is 24.3 Å². The van der Waals surface area contributed by atoms with E-state index in [1.807, 2.05) is 6.07 Å². The summed E-state index contributed by atoms with van der Waals surface area (Å²) in [7, 11) is 0. The third-order valence-electron chi connectivity index (χ3n) is 4.48. The Labute approximate surface area is 173 Å². The van der Waals surface area contributed by atoms with Crippen LogP contribution in [0.5, 0.6) is 0 Å². The first-order valence-corrected chi connectivity index (χ1v) is 9.41. The number of aliphatic carboxylic acids is 1. The van der Waals surface area contributed by atoms with Gasteiger partial charge in [-0.1, -0.05) is 30.3 Å². The molecule has 3 amide bonds. The lowest BCUT2D eigenvalue weighted by Gasteiger charge is -2.23. The Morgan fingerprint density at radius 3 is 2.60 bits per heavy atom. The Morgan fingerprint density at radius 2 is 1.97 bits per heavy atom. The maximum atomic E-state index is 12.6. The lowest BCUT2D eigenvalue weighted by atomic mass is 10.1. The molecule has 1 saturated heterocycles. The summed E-state index contributed by atoms with van der Waals surface area (Å²) in [5.74, 6) is -2.63. The fourth-order valence-corrected chi connectivity index (χ4v) is 2.98. The smallest absolute Gasteiger partial charge is 0.417 e. The Balaban J connectivity index is 1.96. The predicted molar refractivity (Wildman–Crippen MR) is 106 cm³/mol. The van der Waals surface area contributed by atoms with Crippen molar-refractivity contribution in [3.63, 3.8) is 0 Å². The van der Waals surface area contributed by atoms with Gasteiger partial charge in [0.2, 0.25) is 11.8 Å². The highest BCUT2D eigenvalue weighted by Crippen LogP contribution is 2.21. The van der Waals surface area contributed by atoms with Crippen molar-refractivity contribution in [2.75, 3.05) is 6.54 Å². The molecule has 1 aromatic rings. The van der Waals surface area contributed by atoms with Crippen LogP contribution in [-0.4, -0.2) is 58.5 Å². The van der Waals surface area contributed by atoms with Crippen LogP contribution in [0.25, 0.3) is 0 Å². The molecular formula is C19H25N5O6. The Kier molecular flexibility index (Phi) is 8.15. The SMILES string of the molecule is NC(N)=NCCC[C@H](NC(=O)C1CCC(=O)N1C(=O)OCc1ccccc1)C(=O)O. The zero-order chi connectivity index (χ0) is 22.1. The molecule has 2 rings (SSSR count). The third-order valence-corrected chi connectivity index (χ3v) is 4.48. The number of aliphatic imine (C=N–C) groups is 1. The summed E-state index contributed by atoms with van der Waals surface area (Å²) in [6.07, 6.45) is -0.466. The highest BCUT2D eigenvalue weighted by atomic mass is 16.6. The van der Waals surface area contributed by atoms with Gasteiger partial charge in [0.05, 0.1) is 0 Å². The number of hydrogen-bond donors (Lipinski definition) is 4. The van der Waals surface area contributed by atoms with E-state index < -0.39 is 36.0 Å². The van der Waals surface area contributed by atoms with Gasteiger partial charge in [-0.3, -0.25) is 14.6 Å². The van der Waals surface area contributed by atoms with Crippen LogP contribution in [0.2, 0.25) is 0 Å². The van der Waals surface area contributed by atoms with Crippen molar-refractivity contribution in [2.45, 2.75) is 44.4 Å². The molecule has 0 aliphatic carbocycles. The number of nitrogens with zero attached hydrogens (tertiary/aromatic N) is 2. The molecule has 1 aliphatic heterocycles. The van der Waals surface area contributed by atoms with Crippen molar-refractivity contribution >= 4 is 29.8 Å². The number of nitrogens with one attached hydrogen (secondary N) is 1. The molecule has 0 saturated carbocycles. The Morgan fingerprint density at radius 1 is 1.27 bits per heavy atom. The average molecular weight is 419 g/mol. The molecule has 1 unspecified atom stereocenters. The number of carbonyl (C=O) groups is 4. The lowest BCUT2D eigenvalue weighted by molar-refractivity contribution is -0.143. The predicted octanol–water partition coefficient (Wildman–Crippen LogP) is -0.0628. The Bertz CT molecular complexity index is 809. The van der Waals surface area contributed by atoms with E-state index in [0.717, 1.165) is 10.5 Å². The maximum Gasteiger partial charge on any atom is 0.417 e. The van der Waals surface area contributed by atoms with Gasteiger partial charge in [-0.2, -0.15) is 0 Å². The quantitative estimate of drug-likeness (QED) is 0.244. The van der Waals surface area contributed by atoms with Crippen molar-refractivity contribution in [2.24, 2.45) is 16.5 Å². The van der Waals surface area contributed by atoms with Crippen LogP contribution in [0.3, 0.4) is 0 Å². The normalized spacial score (nSPS) is 16.6. The number of guanidine groups is 1. The molecule has 1 heterocycles. The summed E-state index contributed by atoms with van der Waals surface area (Å²) >= 11 is 0. The second-order valence-corrected chi connectivity index (χ2v) is 6.71. The van der Waals surface area contributed by atoms with Crippen LogP contribution in [0.4, 0.5) is 4.79 Å². The van der Waals surface area contributed by atoms with Gasteiger partial charge in [0.1, 0.15) is 18.7 Å². The van der Waals surface area contributed by atoms with Gasteiger partial charge in [-0.15, -0.1) is 0 Å². The fourth-order valence-electron chi connectivity index (χ4n) is 2.98. The van der Waals surface area contributed by atoms with Gasteiger partial charge >= 0.3 is 12.1 Å². The Hall–Kier alpha value is -3.63. The first kappa shape index (κ1) is 22.7. The summed E-state index contributed by atoms with van der Waals surface area (Å²) in [4.78, 5) is 53.1. The molecule has 0 spiro atoms. The molecule has 30 heavy (non-hydrogen) atoms. The van der Waals surface area contributed by atoms with Crippen LogP contribution in [0, 0.1) is 0 Å². The first-order chi connectivity index (χ1) is 14.3. The molecule has 1 fully saturated rings. The lowest BCUT2D eigenvalue weighted by Crippen LogP contribution is -2.51. The van der Waals surface area contributed by atoms with E-state index >= 15 is 0 Å². The van der Waals surface area contributed by atoms with Crippen molar-refractivity contribution in [1.82, 2.24) is 10.2 Å². The van der Waals surface area contributed by atoms with Crippen LogP contribution < -0.4 is 16.8 Å². The molecule has 11 heteroatoms. The topological polar surface area (TPSA) is 177 Å². The minimum absolute atomic E-state index is 0.0131. The number of rotatable bonds is 9. The number of hydrogen-bond acceptors (Lipinski definition) is 6. The van der Waals surface area contributed by atoms with Gasteiger partial charge in [-0.25, -0.2) is 14.5 Å². The number of likely N-dealkylation sites (tertiary alicyclic amines) is 1. The van der Waals surface area contributed by atoms with Crippen LogP contribution >= 0.6 is 0 Å². The number of ether oxygens (including phenoxy) is 1. The summed E-state index contributed by atoms with van der Waals surface area (Å²) in [6, 6.07) is 6.54. The number of carboxylic acids is 1. The van der Waals surface area contributed by atoms with Crippen molar-refractivity contribution in [3.8, 4) is 0 Å². The minimum atomic E-state index is -1.24. The molecule has 0 radical (unpaired) electrons. The summed E-state index contributed by atoms with van der Waals surface area (Å²) < 4.78 is 5.15. The van der Waals surface area contributed by atoms with E-state index in [1.54, 1.807) is 24.3 Å². The van der Waals surface area contributed by atoms with E-state index in [2.05, 4.69) is 10.3 Å². The molecule has 0 bridgehead atoms. The van der Waals surface area contributed by atoms with Crippen molar-refractivity contribution in [1.29, 1.82) is 0 Å². The molecule has 6 N–H and O–H groups in total. The summed E-state index contributed by atoms with van der Waals surface area (Å²) in [5, 5.41) is 11.7. The second-order valence-electron chi connectivity index (χ2n) is 6.71. The van der Waals surface area contributed by atoms with Crippen molar-refractivity contribution in [3.05, 3.63) is 35.9 Å². The van der Waals surface area contributed by atoms with Crippen LogP contribution in [0.1, 0.15) is 31.2 Å². The van der Waals surface area contributed by atoms with Gasteiger partial charge in [0.25, 0.3) is 0 Å². The third kappa shape index (κ3) is 6.47. The minimum Gasteiger partial charge on any atom is -0.480 e. The molecule has 1 aliphatic rings. The standard InChI is InChI=1S/C19H25N5O6/c20-18(21)22-10-4-7-13(17(27)28)23-16(26)14-8-9-15(25)24(14)19(29)30-11-12-5-2-1-3-6-12/h1-3,5-6,13-14H,4,7-11H2,(H,23,26)(H,27,28)(H4,20,21,22)/t13-,14?/m0/s1. The molecular weight excluding hydrogens is 394 g/mol. The first-order valence-electron chi connectivity index (χ1n) is 9.41. The zero-order valence-corrected chi connectivity index (χ0v) is 16.3. The van der Waals surface area contributed by atoms with E-state index in [-0.39, 0.29) is 38.4 Å². The number of carbonyl (C=O) groups excluding carboxylic acids is 3. The molecule has 2 atom stereocenters.